The Bertz CT molecular complexity index is 910. The highest BCUT2D eigenvalue weighted by Crippen LogP contribution is 2.30. The van der Waals surface area contributed by atoms with Gasteiger partial charge in [-0.3, -0.25) is 14.4 Å². The molecule has 4 heteroatoms. The highest BCUT2D eigenvalue weighted by Gasteiger charge is 2.33. The lowest BCUT2D eigenvalue weighted by molar-refractivity contribution is -0.104. The number of carbonyl (C=O) groups excluding carboxylic acids is 2. The van der Waals surface area contributed by atoms with Crippen molar-refractivity contribution in [2.75, 3.05) is 0 Å². The van der Waals surface area contributed by atoms with Gasteiger partial charge in [-0.2, -0.15) is 0 Å². The molecule has 0 unspecified atom stereocenters. The van der Waals surface area contributed by atoms with E-state index in [0.29, 0.717) is 16.5 Å². The zero-order valence-electron chi connectivity index (χ0n) is 13.2. The largest absolute Gasteiger partial charge is 0.285 e. The van der Waals surface area contributed by atoms with Crippen molar-refractivity contribution in [3.63, 3.8) is 0 Å². The Balaban J connectivity index is 1.68. The molecule has 0 aromatic heterocycles. The first-order valence-electron chi connectivity index (χ1n) is 7.74. The summed E-state index contributed by atoms with van der Waals surface area (Å²) in [6, 6.07) is 18.6. The number of hydrogen-bond acceptors (Lipinski definition) is 3. The van der Waals surface area contributed by atoms with Crippen LogP contribution in [-0.4, -0.2) is 16.9 Å². The van der Waals surface area contributed by atoms with E-state index < -0.39 is 11.8 Å². The summed E-state index contributed by atoms with van der Waals surface area (Å²) in [6.07, 6.45) is 0. The van der Waals surface area contributed by atoms with E-state index in [1.54, 1.807) is 12.1 Å². The Kier molecular flexibility index (Phi) is 3.40. The number of amides is 2. The molecule has 0 bridgehead atoms. The number of imide groups is 1. The van der Waals surface area contributed by atoms with Crippen molar-refractivity contribution in [3.05, 3.63) is 82.9 Å². The van der Waals surface area contributed by atoms with Crippen molar-refractivity contribution >= 4 is 22.6 Å². The number of benzene rings is 3. The van der Waals surface area contributed by atoms with E-state index in [9.17, 15) is 9.59 Å². The first-order valence-corrected chi connectivity index (χ1v) is 7.74. The minimum absolute atomic E-state index is 0.163. The van der Waals surface area contributed by atoms with E-state index in [1.165, 1.54) is 0 Å². The summed E-state index contributed by atoms with van der Waals surface area (Å²) in [5.41, 5.74) is 3.03. The average molecular weight is 317 g/mol. The Morgan fingerprint density at radius 2 is 1.42 bits per heavy atom. The van der Waals surface area contributed by atoms with Crippen molar-refractivity contribution in [2.45, 2.75) is 13.5 Å². The fourth-order valence-corrected chi connectivity index (χ4v) is 2.95. The average Bonchev–Trinajstić information content (AvgIpc) is 2.61. The van der Waals surface area contributed by atoms with Gasteiger partial charge in [-0.1, -0.05) is 54.1 Å². The summed E-state index contributed by atoms with van der Waals surface area (Å²) in [5, 5.41) is 2.45. The minimum Gasteiger partial charge on any atom is -0.266 e. The molecule has 2 amide bonds. The van der Waals surface area contributed by atoms with E-state index in [-0.39, 0.29) is 6.61 Å². The Morgan fingerprint density at radius 1 is 0.833 bits per heavy atom. The molecule has 0 aliphatic carbocycles. The standard InChI is InChI=1S/C20H15NO3/c1-13-8-10-14(11-9-13)12-24-21-19(22)16-6-2-4-15-5-3-7-17(18(15)16)20(21)23/h2-11H,12H2,1H3. The second kappa shape index (κ2) is 5.58. The maximum Gasteiger partial charge on any atom is 0.285 e. The van der Waals surface area contributed by atoms with Gasteiger partial charge in [-0.15, -0.1) is 5.06 Å². The summed E-state index contributed by atoms with van der Waals surface area (Å²) in [5.74, 6) is -0.840. The SMILES string of the molecule is Cc1ccc(CON2C(=O)c3cccc4cccc(c34)C2=O)cc1. The number of carbonyl (C=O) groups is 2. The summed E-state index contributed by atoms with van der Waals surface area (Å²) < 4.78 is 0. The highest BCUT2D eigenvalue weighted by atomic mass is 16.7. The molecule has 0 saturated heterocycles. The number of rotatable bonds is 3. The van der Waals surface area contributed by atoms with Crippen LogP contribution in [-0.2, 0) is 11.4 Å². The van der Waals surface area contributed by atoms with Crippen molar-refractivity contribution < 1.29 is 14.4 Å². The smallest absolute Gasteiger partial charge is 0.266 e. The molecule has 3 aromatic rings. The predicted octanol–water partition coefficient (Wildman–Crippen LogP) is 3.88. The van der Waals surface area contributed by atoms with Gasteiger partial charge in [0.2, 0.25) is 0 Å². The van der Waals surface area contributed by atoms with Gasteiger partial charge in [-0.25, -0.2) is 0 Å². The molecule has 1 aliphatic rings. The summed E-state index contributed by atoms with van der Waals surface area (Å²) in [7, 11) is 0. The van der Waals surface area contributed by atoms with Crippen LogP contribution in [0.4, 0.5) is 0 Å². The fraction of sp³-hybridized carbons (Fsp3) is 0.100. The Morgan fingerprint density at radius 3 is 2.00 bits per heavy atom. The molecule has 0 saturated carbocycles. The molecule has 24 heavy (non-hydrogen) atoms. The molecule has 0 radical (unpaired) electrons. The third-order valence-electron chi connectivity index (χ3n) is 4.22. The van der Waals surface area contributed by atoms with Gasteiger partial charge in [0.1, 0.15) is 6.61 Å². The second-order valence-electron chi connectivity index (χ2n) is 5.87. The molecule has 118 valence electrons. The zero-order chi connectivity index (χ0) is 16.7. The normalized spacial score (nSPS) is 13.6. The molecule has 1 heterocycles. The van der Waals surface area contributed by atoms with Gasteiger partial charge in [0.05, 0.1) is 11.1 Å². The van der Waals surface area contributed by atoms with Crippen LogP contribution in [0.1, 0.15) is 31.8 Å². The first-order chi connectivity index (χ1) is 11.6. The van der Waals surface area contributed by atoms with Crippen LogP contribution in [0.25, 0.3) is 10.8 Å². The van der Waals surface area contributed by atoms with Crippen LogP contribution in [0.5, 0.6) is 0 Å². The van der Waals surface area contributed by atoms with Crippen molar-refractivity contribution in [2.24, 2.45) is 0 Å². The van der Waals surface area contributed by atoms with Gasteiger partial charge >= 0.3 is 0 Å². The van der Waals surface area contributed by atoms with Gasteiger partial charge in [-0.05, 0) is 30.0 Å². The molecular formula is C20H15NO3. The summed E-state index contributed by atoms with van der Waals surface area (Å²) >= 11 is 0. The van der Waals surface area contributed by atoms with Gasteiger partial charge in [0, 0.05) is 5.39 Å². The topological polar surface area (TPSA) is 46.6 Å². The van der Waals surface area contributed by atoms with Crippen LogP contribution in [0.3, 0.4) is 0 Å². The maximum absolute atomic E-state index is 12.7. The fourth-order valence-electron chi connectivity index (χ4n) is 2.95. The van der Waals surface area contributed by atoms with Crippen LogP contribution < -0.4 is 0 Å². The molecule has 4 rings (SSSR count). The van der Waals surface area contributed by atoms with Crippen molar-refractivity contribution in [1.82, 2.24) is 5.06 Å². The second-order valence-corrected chi connectivity index (χ2v) is 5.87. The van der Waals surface area contributed by atoms with E-state index in [0.717, 1.165) is 21.6 Å². The van der Waals surface area contributed by atoms with E-state index in [4.69, 9.17) is 4.84 Å². The number of hydrogen-bond donors (Lipinski definition) is 0. The molecule has 0 spiro atoms. The van der Waals surface area contributed by atoms with Gasteiger partial charge in [0.25, 0.3) is 11.8 Å². The molecule has 3 aromatic carbocycles. The summed E-state index contributed by atoms with van der Waals surface area (Å²) in [4.78, 5) is 30.9. The quantitative estimate of drug-likeness (QED) is 0.689. The lowest BCUT2D eigenvalue weighted by Gasteiger charge is -2.26. The lowest BCUT2D eigenvalue weighted by Crippen LogP contribution is -2.40. The molecular weight excluding hydrogens is 302 g/mol. The number of aryl methyl sites for hydroxylation is 1. The Labute approximate surface area is 139 Å². The van der Waals surface area contributed by atoms with Gasteiger partial charge in [0.15, 0.2) is 0 Å². The first kappa shape index (κ1) is 14.6. The lowest BCUT2D eigenvalue weighted by atomic mass is 9.95. The molecule has 0 N–H and O–H groups in total. The van der Waals surface area contributed by atoms with E-state index >= 15 is 0 Å². The molecule has 4 nitrogen and oxygen atoms in total. The maximum atomic E-state index is 12.7. The van der Waals surface area contributed by atoms with Gasteiger partial charge < -0.3 is 0 Å². The number of hydroxylamine groups is 2. The van der Waals surface area contributed by atoms with Crippen LogP contribution in [0, 0.1) is 6.92 Å². The van der Waals surface area contributed by atoms with Crippen LogP contribution in [0.2, 0.25) is 0 Å². The monoisotopic (exact) mass is 317 g/mol. The molecule has 0 fully saturated rings. The van der Waals surface area contributed by atoms with Crippen LogP contribution >= 0.6 is 0 Å². The minimum atomic E-state index is -0.420. The van der Waals surface area contributed by atoms with E-state index in [1.807, 2.05) is 55.5 Å². The van der Waals surface area contributed by atoms with Crippen LogP contribution in [0.15, 0.2) is 60.7 Å². The number of nitrogens with zero attached hydrogens (tertiary/aromatic N) is 1. The predicted molar refractivity (Wildman–Crippen MR) is 90.4 cm³/mol. The van der Waals surface area contributed by atoms with Crippen molar-refractivity contribution in [3.8, 4) is 0 Å². The molecule has 1 aliphatic heterocycles. The zero-order valence-corrected chi connectivity index (χ0v) is 13.2. The van der Waals surface area contributed by atoms with E-state index in [2.05, 4.69) is 0 Å². The molecule has 0 atom stereocenters. The third-order valence-corrected chi connectivity index (χ3v) is 4.22. The third kappa shape index (κ3) is 2.28. The summed E-state index contributed by atoms with van der Waals surface area (Å²) in [6.45, 7) is 2.16. The highest BCUT2D eigenvalue weighted by molar-refractivity contribution is 6.24. The van der Waals surface area contributed by atoms with Crippen molar-refractivity contribution in [1.29, 1.82) is 0 Å². The Hall–Kier alpha value is -2.98.